The topological polar surface area (TPSA) is 71.3 Å². The molecule has 1 aliphatic carbocycles. The zero-order valence-electron chi connectivity index (χ0n) is 25.2. The molecule has 226 valence electrons. The van der Waals surface area contributed by atoms with Crippen molar-refractivity contribution >= 4 is 17.7 Å². The summed E-state index contributed by atoms with van der Waals surface area (Å²) in [6, 6.07) is 15.0. The third kappa shape index (κ3) is 8.98. The van der Waals surface area contributed by atoms with Crippen LogP contribution < -0.4 is 5.56 Å². The van der Waals surface area contributed by atoms with Crippen molar-refractivity contribution in [3.63, 3.8) is 0 Å². The van der Waals surface area contributed by atoms with Crippen LogP contribution >= 0.6 is 11.8 Å². The molecular formula is C33H44FN5O2S. The second-order valence-corrected chi connectivity index (χ2v) is 11.9. The molecule has 1 aliphatic rings. The molecule has 0 atom stereocenters. The highest BCUT2D eigenvalue weighted by molar-refractivity contribution is 7.98. The second kappa shape index (κ2) is 16.0. The lowest BCUT2D eigenvalue weighted by atomic mass is 9.84. The van der Waals surface area contributed by atoms with Gasteiger partial charge in [-0.05, 0) is 67.1 Å². The molecule has 0 saturated heterocycles. The Hall–Kier alpha value is -3.04. The third-order valence-corrected chi connectivity index (χ3v) is 9.21. The number of hydrogen-bond acceptors (Lipinski definition) is 6. The predicted molar refractivity (Wildman–Crippen MR) is 167 cm³/mol. The van der Waals surface area contributed by atoms with E-state index in [0.717, 1.165) is 30.8 Å². The molecule has 0 N–H and O–H groups in total. The maximum absolute atomic E-state index is 13.9. The predicted octanol–water partition coefficient (Wildman–Crippen LogP) is 6.05. The van der Waals surface area contributed by atoms with Crippen LogP contribution in [-0.4, -0.2) is 56.7 Å². The van der Waals surface area contributed by atoms with Crippen molar-refractivity contribution in [2.24, 2.45) is 0 Å². The van der Waals surface area contributed by atoms with Crippen molar-refractivity contribution < 1.29 is 9.18 Å². The number of rotatable bonds is 14. The van der Waals surface area contributed by atoms with Gasteiger partial charge in [-0.15, -0.1) is 0 Å². The normalized spacial score (nSPS) is 13.9. The molecule has 0 radical (unpaired) electrons. The molecule has 9 heteroatoms. The Balaban J connectivity index is 1.53. The van der Waals surface area contributed by atoms with Crippen molar-refractivity contribution in [2.45, 2.75) is 89.2 Å². The number of carbonyl (C=O) groups excluding carboxylic acids is 1. The second-order valence-electron chi connectivity index (χ2n) is 11.0. The largest absolute Gasteiger partial charge is 0.335 e. The van der Waals surface area contributed by atoms with E-state index >= 15 is 0 Å². The number of benzene rings is 2. The standard InChI is InChI=1S/C33H44FN5O2S/c1-4-30-32(41)35-33(42-24-26-14-18-29(34)19-15-26)39(36-30)23-31(40)38(21-20-37(5-2)6-3)22-25-12-16-28(17-13-25)27-10-8-7-9-11-27/h12-19,27H,4-11,20-24H2,1-3H3. The van der Waals surface area contributed by atoms with E-state index in [9.17, 15) is 14.0 Å². The maximum Gasteiger partial charge on any atom is 0.295 e. The fraction of sp³-hybridized carbons (Fsp3) is 0.515. The molecule has 0 spiro atoms. The van der Waals surface area contributed by atoms with Gasteiger partial charge < -0.3 is 9.80 Å². The van der Waals surface area contributed by atoms with Crippen LogP contribution in [0.15, 0.2) is 58.5 Å². The first kappa shape index (κ1) is 31.9. The van der Waals surface area contributed by atoms with Crippen LogP contribution in [0.4, 0.5) is 4.39 Å². The van der Waals surface area contributed by atoms with E-state index in [1.165, 1.54) is 61.6 Å². The van der Waals surface area contributed by atoms with Gasteiger partial charge in [-0.25, -0.2) is 9.07 Å². The summed E-state index contributed by atoms with van der Waals surface area (Å²) in [6.07, 6.45) is 6.90. The molecule has 1 saturated carbocycles. The van der Waals surface area contributed by atoms with Crippen molar-refractivity contribution in [1.82, 2.24) is 24.6 Å². The fourth-order valence-electron chi connectivity index (χ4n) is 5.47. The molecular weight excluding hydrogens is 549 g/mol. The molecule has 0 bridgehead atoms. The molecule has 1 aromatic heterocycles. The number of hydrogen-bond donors (Lipinski definition) is 0. The first-order chi connectivity index (χ1) is 20.4. The highest BCUT2D eigenvalue weighted by atomic mass is 32.2. The van der Waals surface area contributed by atoms with Gasteiger partial charge in [-0.1, -0.05) is 88.2 Å². The van der Waals surface area contributed by atoms with Crippen LogP contribution in [0.3, 0.4) is 0 Å². The summed E-state index contributed by atoms with van der Waals surface area (Å²) < 4.78 is 14.9. The lowest BCUT2D eigenvalue weighted by molar-refractivity contribution is -0.133. The summed E-state index contributed by atoms with van der Waals surface area (Å²) in [5.41, 5.74) is 3.36. The van der Waals surface area contributed by atoms with Gasteiger partial charge in [0.1, 0.15) is 18.1 Å². The SMILES string of the molecule is CCc1nn(CC(=O)N(CCN(CC)CC)Cc2ccc(C3CCCCC3)cc2)c(SCc2ccc(F)cc2)nc1=O. The van der Waals surface area contributed by atoms with Crippen LogP contribution in [0.25, 0.3) is 0 Å². The quantitative estimate of drug-likeness (QED) is 0.212. The van der Waals surface area contributed by atoms with E-state index in [1.54, 1.807) is 16.8 Å². The Bertz CT molecular complexity index is 1340. The van der Waals surface area contributed by atoms with Gasteiger partial charge in [0.05, 0.1) is 0 Å². The van der Waals surface area contributed by atoms with Gasteiger partial charge in [-0.2, -0.15) is 10.1 Å². The summed E-state index contributed by atoms with van der Waals surface area (Å²) in [4.78, 5) is 34.9. The third-order valence-electron chi connectivity index (χ3n) is 8.17. The number of halogens is 1. The highest BCUT2D eigenvalue weighted by Gasteiger charge is 2.20. The molecule has 4 rings (SSSR count). The summed E-state index contributed by atoms with van der Waals surface area (Å²) in [5, 5.41) is 4.93. The number of nitrogens with zero attached hydrogens (tertiary/aromatic N) is 5. The van der Waals surface area contributed by atoms with Crippen molar-refractivity contribution in [1.29, 1.82) is 0 Å². The lowest BCUT2D eigenvalue weighted by Crippen LogP contribution is -2.40. The number of likely N-dealkylation sites (N-methyl/N-ethyl adjacent to an activating group) is 1. The van der Waals surface area contributed by atoms with E-state index in [0.29, 0.717) is 42.0 Å². The smallest absolute Gasteiger partial charge is 0.295 e. The monoisotopic (exact) mass is 593 g/mol. The Morgan fingerprint density at radius 3 is 2.26 bits per heavy atom. The average molecular weight is 594 g/mol. The van der Waals surface area contributed by atoms with Crippen molar-refractivity contribution in [3.05, 3.63) is 87.1 Å². The maximum atomic E-state index is 13.9. The van der Waals surface area contributed by atoms with Crippen molar-refractivity contribution in [3.8, 4) is 0 Å². The van der Waals surface area contributed by atoms with Gasteiger partial charge >= 0.3 is 0 Å². The number of carbonyl (C=O) groups is 1. The van der Waals surface area contributed by atoms with Gasteiger partial charge in [-0.3, -0.25) is 9.59 Å². The van der Waals surface area contributed by atoms with Gasteiger partial charge in [0.25, 0.3) is 5.56 Å². The van der Waals surface area contributed by atoms with E-state index < -0.39 is 0 Å². The summed E-state index contributed by atoms with van der Waals surface area (Å²) in [5.74, 6) is 0.757. The van der Waals surface area contributed by atoms with E-state index in [2.05, 4.69) is 53.1 Å². The number of aryl methyl sites for hydroxylation is 1. The minimum Gasteiger partial charge on any atom is -0.335 e. The summed E-state index contributed by atoms with van der Waals surface area (Å²) in [6.45, 7) is 9.84. The summed E-state index contributed by atoms with van der Waals surface area (Å²) in [7, 11) is 0. The molecule has 7 nitrogen and oxygen atoms in total. The van der Waals surface area contributed by atoms with E-state index in [4.69, 9.17) is 0 Å². The number of aromatic nitrogens is 3. The summed E-state index contributed by atoms with van der Waals surface area (Å²) >= 11 is 1.33. The molecule has 0 aliphatic heterocycles. The van der Waals surface area contributed by atoms with Gasteiger partial charge in [0.15, 0.2) is 5.16 Å². The zero-order valence-corrected chi connectivity index (χ0v) is 26.0. The average Bonchev–Trinajstić information content (AvgIpc) is 3.02. The van der Waals surface area contributed by atoms with Crippen LogP contribution in [0, 0.1) is 5.82 Å². The molecule has 0 unspecified atom stereocenters. The Labute approximate surface area is 253 Å². The van der Waals surface area contributed by atoms with Crippen LogP contribution in [0.1, 0.15) is 81.2 Å². The highest BCUT2D eigenvalue weighted by Crippen LogP contribution is 2.32. The number of amides is 1. The zero-order chi connectivity index (χ0) is 29.9. The Morgan fingerprint density at radius 1 is 0.952 bits per heavy atom. The van der Waals surface area contributed by atoms with E-state index in [1.807, 2.05) is 11.8 Å². The molecule has 1 heterocycles. The van der Waals surface area contributed by atoms with Crippen LogP contribution in [0.5, 0.6) is 0 Å². The van der Waals surface area contributed by atoms with Crippen LogP contribution in [-0.2, 0) is 30.1 Å². The minimum absolute atomic E-state index is 0.00949. The van der Waals surface area contributed by atoms with Crippen LogP contribution in [0.2, 0.25) is 0 Å². The number of thioether (sulfide) groups is 1. The Morgan fingerprint density at radius 2 is 1.62 bits per heavy atom. The lowest BCUT2D eigenvalue weighted by Gasteiger charge is -2.27. The first-order valence-electron chi connectivity index (χ1n) is 15.3. The molecule has 3 aromatic rings. The fourth-order valence-corrected chi connectivity index (χ4v) is 6.36. The molecule has 1 amide bonds. The van der Waals surface area contributed by atoms with Crippen molar-refractivity contribution in [2.75, 3.05) is 26.2 Å². The van der Waals surface area contributed by atoms with Gasteiger partial charge in [0, 0.05) is 25.4 Å². The molecule has 42 heavy (non-hydrogen) atoms. The van der Waals surface area contributed by atoms with E-state index in [-0.39, 0.29) is 23.8 Å². The molecule has 2 aromatic carbocycles. The first-order valence-corrected chi connectivity index (χ1v) is 16.3. The Kier molecular flexibility index (Phi) is 12.1. The molecule has 1 fully saturated rings. The van der Waals surface area contributed by atoms with Gasteiger partial charge in [0.2, 0.25) is 5.91 Å². The minimum atomic E-state index is -0.376.